The molecular weight excluding hydrogens is 152 g/mol. The third-order valence-corrected chi connectivity index (χ3v) is 2.07. The van der Waals surface area contributed by atoms with Gasteiger partial charge in [-0.2, -0.15) is 0 Å². The second-order valence-electron chi connectivity index (χ2n) is 3.37. The fourth-order valence-corrected chi connectivity index (χ4v) is 1.18. The maximum atomic E-state index is 5.67. The van der Waals surface area contributed by atoms with Gasteiger partial charge >= 0.3 is 0 Å². The minimum atomic E-state index is -0.455. The van der Waals surface area contributed by atoms with E-state index in [1.807, 2.05) is 20.8 Å². The summed E-state index contributed by atoms with van der Waals surface area (Å²) in [6, 6.07) is 0. The molecule has 2 nitrogen and oxygen atoms in total. The summed E-state index contributed by atoms with van der Waals surface area (Å²) >= 11 is 5.67. The third kappa shape index (κ3) is 1.62. The van der Waals surface area contributed by atoms with Crippen LogP contribution in [0.1, 0.15) is 20.8 Å². The number of alkyl halides is 1. The van der Waals surface area contributed by atoms with Crippen molar-refractivity contribution in [3.05, 3.63) is 0 Å². The highest BCUT2D eigenvalue weighted by Crippen LogP contribution is 2.30. The predicted octanol–water partition coefficient (Wildman–Crippen LogP) is 1.77. The molecule has 0 amide bonds. The van der Waals surface area contributed by atoms with Gasteiger partial charge in [-0.1, -0.05) is 0 Å². The molecule has 1 aliphatic heterocycles. The van der Waals surface area contributed by atoms with Gasteiger partial charge in [0.2, 0.25) is 0 Å². The lowest BCUT2D eigenvalue weighted by atomic mass is 10.2. The Balaban J connectivity index is 2.57. The molecule has 1 rings (SSSR count). The Morgan fingerprint density at radius 3 is 2.20 bits per heavy atom. The highest BCUT2D eigenvalue weighted by atomic mass is 35.5. The van der Waals surface area contributed by atoms with Gasteiger partial charge in [0.15, 0.2) is 5.79 Å². The summed E-state index contributed by atoms with van der Waals surface area (Å²) in [7, 11) is 0. The van der Waals surface area contributed by atoms with Gasteiger partial charge in [0.25, 0.3) is 0 Å². The van der Waals surface area contributed by atoms with Gasteiger partial charge in [-0.05, 0) is 20.8 Å². The molecule has 0 aliphatic carbocycles. The first-order valence-electron chi connectivity index (χ1n) is 3.38. The lowest BCUT2D eigenvalue weighted by molar-refractivity contribution is -0.152. The van der Waals surface area contributed by atoms with Crippen molar-refractivity contribution in [2.45, 2.75) is 32.2 Å². The molecule has 0 radical (unpaired) electrons. The first kappa shape index (κ1) is 8.31. The topological polar surface area (TPSA) is 18.5 Å². The Morgan fingerprint density at radius 2 is 2.00 bits per heavy atom. The number of hydrogen-bond acceptors (Lipinski definition) is 2. The van der Waals surface area contributed by atoms with Crippen LogP contribution in [0.3, 0.4) is 0 Å². The van der Waals surface area contributed by atoms with E-state index in [-0.39, 0.29) is 5.60 Å². The van der Waals surface area contributed by atoms with Crippen LogP contribution in [0.2, 0.25) is 0 Å². The van der Waals surface area contributed by atoms with E-state index in [2.05, 4.69) is 0 Å². The van der Waals surface area contributed by atoms with E-state index >= 15 is 0 Å². The highest BCUT2D eigenvalue weighted by molar-refractivity contribution is 6.18. The van der Waals surface area contributed by atoms with Gasteiger partial charge in [0.05, 0.1) is 12.5 Å². The van der Waals surface area contributed by atoms with Crippen LogP contribution in [0.15, 0.2) is 0 Å². The van der Waals surface area contributed by atoms with Crippen molar-refractivity contribution < 1.29 is 9.47 Å². The van der Waals surface area contributed by atoms with Crippen molar-refractivity contribution in [1.29, 1.82) is 0 Å². The van der Waals surface area contributed by atoms with Crippen LogP contribution >= 0.6 is 11.6 Å². The average molecular weight is 165 g/mol. The molecule has 1 unspecified atom stereocenters. The zero-order valence-electron chi connectivity index (χ0n) is 6.61. The molecule has 1 atom stereocenters. The van der Waals surface area contributed by atoms with Crippen molar-refractivity contribution in [2.75, 3.05) is 12.5 Å². The standard InChI is InChI=1S/C7H13ClO2/c1-6(2)9-5-7(3,4-8)10-6/h4-5H2,1-3H3. The van der Waals surface area contributed by atoms with E-state index in [0.717, 1.165) is 0 Å². The van der Waals surface area contributed by atoms with Crippen LogP contribution in [0.5, 0.6) is 0 Å². The number of rotatable bonds is 1. The van der Waals surface area contributed by atoms with Crippen molar-refractivity contribution in [1.82, 2.24) is 0 Å². The molecule has 0 aromatic heterocycles. The Morgan fingerprint density at radius 1 is 1.40 bits per heavy atom. The zero-order chi connectivity index (χ0) is 7.83. The maximum Gasteiger partial charge on any atom is 0.163 e. The van der Waals surface area contributed by atoms with Crippen LogP contribution in [-0.4, -0.2) is 23.9 Å². The van der Waals surface area contributed by atoms with E-state index in [1.54, 1.807) is 0 Å². The molecule has 1 saturated heterocycles. The normalized spacial score (nSPS) is 38.4. The van der Waals surface area contributed by atoms with E-state index in [0.29, 0.717) is 12.5 Å². The molecule has 3 heteroatoms. The summed E-state index contributed by atoms with van der Waals surface area (Å²) in [4.78, 5) is 0. The molecule has 1 heterocycles. The smallest absolute Gasteiger partial charge is 0.163 e. The first-order valence-corrected chi connectivity index (χ1v) is 3.91. The monoisotopic (exact) mass is 164 g/mol. The van der Waals surface area contributed by atoms with Gasteiger partial charge in [-0.3, -0.25) is 0 Å². The zero-order valence-corrected chi connectivity index (χ0v) is 7.36. The lowest BCUT2D eigenvalue weighted by Gasteiger charge is -2.22. The van der Waals surface area contributed by atoms with Crippen LogP contribution in [0.4, 0.5) is 0 Å². The molecule has 0 N–H and O–H groups in total. The predicted molar refractivity (Wildman–Crippen MR) is 40.2 cm³/mol. The SMILES string of the molecule is CC1(CCl)COC(C)(C)O1. The molecule has 0 aromatic rings. The van der Waals surface area contributed by atoms with Gasteiger partial charge in [0.1, 0.15) is 5.60 Å². The van der Waals surface area contributed by atoms with Crippen molar-refractivity contribution in [2.24, 2.45) is 0 Å². The van der Waals surface area contributed by atoms with E-state index in [9.17, 15) is 0 Å². The number of ether oxygens (including phenoxy) is 2. The fourth-order valence-electron chi connectivity index (χ4n) is 1.04. The highest BCUT2D eigenvalue weighted by Gasteiger charge is 2.41. The molecule has 10 heavy (non-hydrogen) atoms. The van der Waals surface area contributed by atoms with Crippen LogP contribution in [-0.2, 0) is 9.47 Å². The van der Waals surface area contributed by atoms with Crippen molar-refractivity contribution in [3.63, 3.8) is 0 Å². The minimum Gasteiger partial charge on any atom is -0.347 e. The molecule has 1 fully saturated rings. The molecular formula is C7H13ClO2. The van der Waals surface area contributed by atoms with Gasteiger partial charge in [0, 0.05) is 0 Å². The Hall–Kier alpha value is 0.210. The van der Waals surface area contributed by atoms with Gasteiger partial charge in [-0.25, -0.2) is 0 Å². The first-order chi connectivity index (χ1) is 4.47. The van der Waals surface area contributed by atoms with E-state index in [4.69, 9.17) is 21.1 Å². The molecule has 0 bridgehead atoms. The second kappa shape index (κ2) is 2.36. The van der Waals surface area contributed by atoms with Crippen LogP contribution in [0.25, 0.3) is 0 Å². The summed E-state index contributed by atoms with van der Waals surface area (Å²) in [5.74, 6) is 0.0278. The van der Waals surface area contributed by atoms with Crippen molar-refractivity contribution >= 4 is 11.6 Å². The Kier molecular flexibility index (Phi) is 1.96. The summed E-state index contributed by atoms with van der Waals surface area (Å²) < 4.78 is 10.9. The Labute approximate surface area is 66.5 Å². The number of hydrogen-bond donors (Lipinski definition) is 0. The van der Waals surface area contributed by atoms with Crippen LogP contribution in [0, 0.1) is 0 Å². The second-order valence-corrected chi connectivity index (χ2v) is 3.64. The number of halogens is 1. The van der Waals surface area contributed by atoms with E-state index in [1.165, 1.54) is 0 Å². The molecule has 0 saturated carbocycles. The summed E-state index contributed by atoms with van der Waals surface area (Å²) in [6.07, 6.45) is 0. The van der Waals surface area contributed by atoms with Crippen LogP contribution < -0.4 is 0 Å². The average Bonchev–Trinajstić information content (AvgIpc) is 2.08. The molecule has 0 spiro atoms. The van der Waals surface area contributed by atoms with Gasteiger partial charge < -0.3 is 9.47 Å². The minimum absolute atomic E-state index is 0.287. The van der Waals surface area contributed by atoms with E-state index < -0.39 is 5.79 Å². The van der Waals surface area contributed by atoms with Crippen molar-refractivity contribution in [3.8, 4) is 0 Å². The quantitative estimate of drug-likeness (QED) is 0.550. The fraction of sp³-hybridized carbons (Fsp3) is 1.00. The largest absolute Gasteiger partial charge is 0.347 e. The molecule has 0 aromatic carbocycles. The van der Waals surface area contributed by atoms with Gasteiger partial charge in [-0.15, -0.1) is 11.6 Å². The summed E-state index contributed by atoms with van der Waals surface area (Å²) in [5.41, 5.74) is -0.287. The maximum absolute atomic E-state index is 5.67. The summed E-state index contributed by atoms with van der Waals surface area (Å²) in [5, 5.41) is 0. The lowest BCUT2D eigenvalue weighted by Crippen LogP contribution is -2.32. The molecule has 60 valence electrons. The third-order valence-electron chi connectivity index (χ3n) is 1.50. The molecule has 1 aliphatic rings. The Bertz CT molecular complexity index is 136. The summed E-state index contributed by atoms with van der Waals surface area (Å²) in [6.45, 7) is 6.33.